The Kier molecular flexibility index (Phi) is 9.54. The Balaban J connectivity index is 1.66. The van der Waals surface area contributed by atoms with E-state index in [4.69, 9.17) is 23.7 Å². The van der Waals surface area contributed by atoms with Crippen LogP contribution < -0.4 is 0 Å². The molecule has 3 aliphatic rings. The first-order valence-corrected chi connectivity index (χ1v) is 10.6. The van der Waals surface area contributed by atoms with E-state index in [1.54, 1.807) is 0 Å². The van der Waals surface area contributed by atoms with Crippen molar-refractivity contribution in [3.05, 3.63) is 0 Å². The van der Waals surface area contributed by atoms with Crippen molar-refractivity contribution in [2.24, 2.45) is 0 Å². The highest BCUT2D eigenvalue weighted by molar-refractivity contribution is 4.94. The van der Waals surface area contributed by atoms with E-state index in [2.05, 4.69) is 0 Å². The molecule has 0 aliphatic carbocycles. The second-order valence-electron chi connectivity index (χ2n) is 8.37. The third kappa shape index (κ3) is 5.52. The molecule has 15 atom stereocenters. The molecule has 16 heteroatoms. The predicted molar refractivity (Wildman–Crippen MR) is 101 cm³/mol. The van der Waals surface area contributed by atoms with Crippen LogP contribution in [-0.4, -0.2) is 168 Å². The first kappa shape index (κ1) is 27.9. The molecule has 16 nitrogen and oxygen atoms in total. The third-order valence-electron chi connectivity index (χ3n) is 6.07. The molecule has 0 bridgehead atoms. The van der Waals surface area contributed by atoms with Crippen LogP contribution in [0.15, 0.2) is 0 Å². The minimum atomic E-state index is -1.87. The van der Waals surface area contributed by atoms with Crippen LogP contribution in [0, 0.1) is 0 Å². The number of rotatable bonds is 7. The highest BCUT2D eigenvalue weighted by atomic mass is 16.7. The average Bonchev–Trinajstić information content (AvgIpc) is 2.82. The zero-order valence-corrected chi connectivity index (χ0v) is 17.7. The number of aliphatic hydroxyl groups excluding tert-OH is 11. The molecule has 3 fully saturated rings. The first-order valence-electron chi connectivity index (χ1n) is 10.6. The maximum atomic E-state index is 10.3. The van der Waals surface area contributed by atoms with E-state index in [9.17, 15) is 56.2 Å². The molecule has 34 heavy (non-hydrogen) atoms. The van der Waals surface area contributed by atoms with Gasteiger partial charge in [0.05, 0.1) is 19.8 Å². The van der Waals surface area contributed by atoms with Crippen molar-refractivity contribution in [2.45, 2.75) is 92.1 Å². The van der Waals surface area contributed by atoms with Gasteiger partial charge in [-0.2, -0.15) is 0 Å². The number of hydrogen-bond acceptors (Lipinski definition) is 16. The monoisotopic (exact) mass is 504 g/mol. The van der Waals surface area contributed by atoms with Crippen molar-refractivity contribution in [1.82, 2.24) is 0 Å². The summed E-state index contributed by atoms with van der Waals surface area (Å²) < 4.78 is 26.3. The summed E-state index contributed by atoms with van der Waals surface area (Å²) in [7, 11) is 0. The van der Waals surface area contributed by atoms with Crippen molar-refractivity contribution in [1.29, 1.82) is 0 Å². The zero-order valence-electron chi connectivity index (χ0n) is 17.7. The molecule has 0 aromatic carbocycles. The molecular formula is C18H32O16. The molecule has 3 saturated heterocycles. The number of hydrogen-bond donors (Lipinski definition) is 11. The van der Waals surface area contributed by atoms with Crippen molar-refractivity contribution in [3.63, 3.8) is 0 Å². The molecular weight excluding hydrogens is 472 g/mol. The van der Waals surface area contributed by atoms with Gasteiger partial charge in [0.25, 0.3) is 0 Å². The predicted octanol–water partition coefficient (Wildman–Crippen LogP) is -7.57. The Labute approximate surface area is 192 Å². The topological polar surface area (TPSA) is 269 Å². The van der Waals surface area contributed by atoms with E-state index in [0.717, 1.165) is 0 Å². The lowest BCUT2D eigenvalue weighted by Gasteiger charge is -2.45. The minimum absolute atomic E-state index is 0.609. The Hall–Kier alpha value is -0.640. The summed E-state index contributed by atoms with van der Waals surface area (Å²) >= 11 is 0. The van der Waals surface area contributed by atoms with Gasteiger partial charge in [-0.1, -0.05) is 0 Å². The highest BCUT2D eigenvalue weighted by Gasteiger charge is 2.51. The van der Waals surface area contributed by atoms with E-state index in [1.165, 1.54) is 0 Å². The lowest BCUT2D eigenvalue weighted by Crippen LogP contribution is -2.65. The van der Waals surface area contributed by atoms with Crippen molar-refractivity contribution in [2.75, 3.05) is 19.8 Å². The standard InChI is InChI=1S/C18H32O16/c19-1-4-7(21)9(23)13(27)17(32-4)30-3-6-8(22)10(24)14(28)18(33-6)34-15-5(2-20)31-16(29)12(26)11(15)25/h4-29H,1-3H2/t4-,5-,6-,7+,8+,9+,10+,11-,12-,13-,14-,15-,16?,17+,18+/m1/s1. The summed E-state index contributed by atoms with van der Waals surface area (Å²) in [6.07, 6.45) is -24.9. The quantitative estimate of drug-likeness (QED) is 0.154. The fourth-order valence-electron chi connectivity index (χ4n) is 3.95. The van der Waals surface area contributed by atoms with Crippen molar-refractivity contribution >= 4 is 0 Å². The SMILES string of the molecule is OC[C@H]1O[C@H](OC[C@H]2O[C@@H](O[C@H]3[C@H](O)[C@@H](O)C(O)O[C@@H]3CO)[C@H](O)[C@@H](O)[C@H]2O)[C@H](O)[C@@H](O)[C@H]1O. The van der Waals surface area contributed by atoms with Crippen LogP contribution in [-0.2, 0) is 23.7 Å². The van der Waals surface area contributed by atoms with Crippen LogP contribution in [0.1, 0.15) is 0 Å². The summed E-state index contributed by atoms with van der Waals surface area (Å²) in [5.41, 5.74) is 0. The smallest absolute Gasteiger partial charge is 0.187 e. The van der Waals surface area contributed by atoms with Crippen LogP contribution in [0.25, 0.3) is 0 Å². The highest BCUT2D eigenvalue weighted by Crippen LogP contribution is 2.29. The summed E-state index contributed by atoms with van der Waals surface area (Å²) in [6.45, 7) is -2.07. The zero-order chi connectivity index (χ0) is 25.3. The van der Waals surface area contributed by atoms with Gasteiger partial charge in [0.2, 0.25) is 0 Å². The lowest BCUT2D eigenvalue weighted by atomic mass is 9.97. The Morgan fingerprint density at radius 3 is 1.62 bits per heavy atom. The first-order chi connectivity index (χ1) is 16.0. The fourth-order valence-corrected chi connectivity index (χ4v) is 3.95. The second-order valence-corrected chi connectivity index (χ2v) is 8.37. The Morgan fingerprint density at radius 1 is 0.500 bits per heavy atom. The molecule has 0 aromatic heterocycles. The molecule has 0 amide bonds. The van der Waals surface area contributed by atoms with Crippen LogP contribution in [0.3, 0.4) is 0 Å². The molecule has 0 aromatic rings. The lowest BCUT2D eigenvalue weighted by molar-refractivity contribution is -0.362. The second kappa shape index (κ2) is 11.6. The molecule has 1 unspecified atom stereocenters. The van der Waals surface area contributed by atoms with E-state index >= 15 is 0 Å². The molecule has 0 spiro atoms. The van der Waals surface area contributed by atoms with Gasteiger partial charge in [-0.05, 0) is 0 Å². The normalized spacial score (nSPS) is 52.5. The maximum Gasteiger partial charge on any atom is 0.187 e. The van der Waals surface area contributed by atoms with Gasteiger partial charge in [-0.3, -0.25) is 0 Å². The van der Waals surface area contributed by atoms with Crippen LogP contribution in [0.2, 0.25) is 0 Å². The van der Waals surface area contributed by atoms with E-state index in [1.807, 2.05) is 0 Å². The van der Waals surface area contributed by atoms with Gasteiger partial charge in [0, 0.05) is 0 Å². The fraction of sp³-hybridized carbons (Fsp3) is 1.00. The number of aliphatic hydroxyl groups is 11. The van der Waals surface area contributed by atoms with Crippen LogP contribution in [0.5, 0.6) is 0 Å². The summed E-state index contributed by atoms with van der Waals surface area (Å²) in [4.78, 5) is 0. The van der Waals surface area contributed by atoms with Gasteiger partial charge >= 0.3 is 0 Å². The molecule has 3 heterocycles. The van der Waals surface area contributed by atoms with Crippen molar-refractivity contribution in [3.8, 4) is 0 Å². The van der Waals surface area contributed by atoms with Gasteiger partial charge < -0.3 is 79.9 Å². The third-order valence-corrected chi connectivity index (χ3v) is 6.07. The molecule has 0 saturated carbocycles. The summed E-state index contributed by atoms with van der Waals surface area (Å²) in [5.74, 6) is 0. The van der Waals surface area contributed by atoms with Gasteiger partial charge in [-0.25, -0.2) is 0 Å². The van der Waals surface area contributed by atoms with E-state index < -0.39 is 112 Å². The van der Waals surface area contributed by atoms with Crippen LogP contribution in [0.4, 0.5) is 0 Å². The number of ether oxygens (including phenoxy) is 5. The van der Waals surface area contributed by atoms with E-state index in [-0.39, 0.29) is 0 Å². The molecule has 11 N–H and O–H groups in total. The van der Waals surface area contributed by atoms with Crippen molar-refractivity contribution < 1.29 is 79.9 Å². The summed E-state index contributed by atoms with van der Waals surface area (Å²) in [5, 5.41) is 109. The molecule has 0 radical (unpaired) electrons. The van der Waals surface area contributed by atoms with Gasteiger partial charge in [-0.15, -0.1) is 0 Å². The molecule has 200 valence electrons. The minimum Gasteiger partial charge on any atom is -0.394 e. The van der Waals surface area contributed by atoms with Gasteiger partial charge in [0.15, 0.2) is 18.9 Å². The average molecular weight is 504 g/mol. The maximum absolute atomic E-state index is 10.3. The molecule has 3 aliphatic heterocycles. The molecule has 3 rings (SSSR count). The van der Waals surface area contributed by atoms with E-state index in [0.29, 0.717) is 0 Å². The van der Waals surface area contributed by atoms with Crippen LogP contribution >= 0.6 is 0 Å². The van der Waals surface area contributed by atoms with Gasteiger partial charge in [0.1, 0.15) is 73.2 Å². The Morgan fingerprint density at radius 2 is 1.03 bits per heavy atom. The Bertz CT molecular complexity index is 637. The summed E-state index contributed by atoms with van der Waals surface area (Å²) in [6, 6.07) is 0. The largest absolute Gasteiger partial charge is 0.394 e.